The molecule has 2 aromatic rings. The molecule has 1 atom stereocenters. The first-order valence-corrected chi connectivity index (χ1v) is 8.91. The first kappa shape index (κ1) is 18.3. The lowest BCUT2D eigenvalue weighted by Gasteiger charge is -2.29. The van der Waals surface area contributed by atoms with E-state index in [0.29, 0.717) is 6.54 Å². The maximum absolute atomic E-state index is 12.4. The predicted octanol–water partition coefficient (Wildman–Crippen LogP) is 2.94. The van der Waals surface area contributed by atoms with Crippen molar-refractivity contribution in [2.45, 2.75) is 25.9 Å². The molecule has 0 saturated carbocycles. The molecule has 5 nitrogen and oxygen atoms in total. The van der Waals surface area contributed by atoms with Crippen molar-refractivity contribution in [2.24, 2.45) is 0 Å². The van der Waals surface area contributed by atoms with Gasteiger partial charge in [-0.15, -0.1) is 0 Å². The zero-order valence-corrected chi connectivity index (χ0v) is 15.6. The molecule has 0 aromatic heterocycles. The average molecular weight is 354 g/mol. The summed E-state index contributed by atoms with van der Waals surface area (Å²) >= 11 is 0. The molecule has 0 fully saturated rings. The van der Waals surface area contributed by atoms with Crippen LogP contribution in [0.15, 0.2) is 42.5 Å². The van der Waals surface area contributed by atoms with Gasteiger partial charge >= 0.3 is 0 Å². The van der Waals surface area contributed by atoms with Gasteiger partial charge in [-0.05, 0) is 42.2 Å². The summed E-state index contributed by atoms with van der Waals surface area (Å²) < 4.78 is 10.8. The highest BCUT2D eigenvalue weighted by Gasteiger charge is 2.21. The first-order valence-electron chi connectivity index (χ1n) is 8.91. The highest BCUT2D eigenvalue weighted by molar-refractivity contribution is 5.78. The van der Waals surface area contributed by atoms with Crippen LogP contribution in [-0.4, -0.2) is 38.1 Å². The van der Waals surface area contributed by atoms with Crippen LogP contribution in [0.2, 0.25) is 0 Å². The number of carbonyl (C=O) groups is 1. The largest absolute Gasteiger partial charge is 0.493 e. The van der Waals surface area contributed by atoms with Crippen molar-refractivity contribution in [3.8, 4) is 11.5 Å². The maximum atomic E-state index is 12.4. The smallest absolute Gasteiger partial charge is 0.234 e. The number of ether oxygens (including phenoxy) is 2. The van der Waals surface area contributed by atoms with Crippen LogP contribution >= 0.6 is 0 Å². The van der Waals surface area contributed by atoms with E-state index in [1.807, 2.05) is 49.4 Å². The topological polar surface area (TPSA) is 50.8 Å². The summed E-state index contributed by atoms with van der Waals surface area (Å²) in [7, 11) is 3.29. The van der Waals surface area contributed by atoms with E-state index in [9.17, 15) is 4.79 Å². The molecule has 0 saturated heterocycles. The van der Waals surface area contributed by atoms with E-state index in [1.54, 1.807) is 14.2 Å². The number of methoxy groups -OCH3 is 2. The number of fused-ring (bicyclic) bond motifs is 1. The van der Waals surface area contributed by atoms with Crippen LogP contribution in [0.5, 0.6) is 11.5 Å². The number of amides is 1. The van der Waals surface area contributed by atoms with E-state index in [4.69, 9.17) is 9.47 Å². The Labute approximate surface area is 154 Å². The Hall–Kier alpha value is -2.53. The normalized spacial score (nSPS) is 15.0. The molecule has 0 bridgehead atoms. The van der Waals surface area contributed by atoms with Gasteiger partial charge in [-0.2, -0.15) is 0 Å². The molecule has 2 aromatic carbocycles. The second kappa shape index (κ2) is 8.23. The van der Waals surface area contributed by atoms with E-state index in [2.05, 4.69) is 10.2 Å². The van der Waals surface area contributed by atoms with Crippen LogP contribution in [0.1, 0.15) is 29.7 Å². The molecule has 1 aliphatic heterocycles. The number of nitrogens with one attached hydrogen (secondary N) is 1. The van der Waals surface area contributed by atoms with Gasteiger partial charge in [0.15, 0.2) is 11.5 Å². The summed E-state index contributed by atoms with van der Waals surface area (Å²) in [5.74, 6) is 1.54. The first-order chi connectivity index (χ1) is 12.6. The lowest BCUT2D eigenvalue weighted by molar-refractivity contribution is -0.123. The van der Waals surface area contributed by atoms with Gasteiger partial charge in [-0.25, -0.2) is 0 Å². The Morgan fingerprint density at radius 3 is 2.42 bits per heavy atom. The number of rotatable bonds is 6. The van der Waals surface area contributed by atoms with Gasteiger partial charge in [-0.3, -0.25) is 9.69 Å². The Morgan fingerprint density at radius 1 is 1.12 bits per heavy atom. The van der Waals surface area contributed by atoms with Crippen molar-refractivity contribution in [1.82, 2.24) is 10.2 Å². The average Bonchev–Trinajstić information content (AvgIpc) is 2.67. The molecule has 0 radical (unpaired) electrons. The van der Waals surface area contributed by atoms with Crippen molar-refractivity contribution in [3.05, 3.63) is 59.2 Å². The summed E-state index contributed by atoms with van der Waals surface area (Å²) in [4.78, 5) is 14.6. The summed E-state index contributed by atoms with van der Waals surface area (Å²) in [6, 6.07) is 14.1. The summed E-state index contributed by atoms with van der Waals surface area (Å²) in [6.07, 6.45) is 0.900. The highest BCUT2D eigenvalue weighted by Crippen LogP contribution is 2.33. The lowest BCUT2D eigenvalue weighted by atomic mass is 9.98. The van der Waals surface area contributed by atoms with Gasteiger partial charge in [0.1, 0.15) is 0 Å². The molecule has 26 heavy (non-hydrogen) atoms. The zero-order valence-electron chi connectivity index (χ0n) is 15.6. The van der Waals surface area contributed by atoms with Crippen molar-refractivity contribution in [2.75, 3.05) is 27.3 Å². The molecule has 1 amide bonds. The minimum atomic E-state index is 0.00475. The van der Waals surface area contributed by atoms with Gasteiger partial charge in [0.05, 0.1) is 26.8 Å². The predicted molar refractivity (Wildman–Crippen MR) is 102 cm³/mol. The molecule has 1 heterocycles. The standard InChI is InChI=1S/C21H26N2O3/c1-15(16-7-5-4-6-8-16)22-21(24)14-23-10-9-17-11-19(25-2)20(26-3)12-18(17)13-23/h4-8,11-12,15H,9-10,13-14H2,1-3H3,(H,22,24). The second-order valence-corrected chi connectivity index (χ2v) is 6.64. The van der Waals surface area contributed by atoms with Crippen LogP contribution in [0, 0.1) is 0 Å². The maximum Gasteiger partial charge on any atom is 0.234 e. The SMILES string of the molecule is COc1cc2c(cc1OC)CN(CC(=O)NC(C)c1ccccc1)CC2. The molecule has 5 heteroatoms. The van der Waals surface area contributed by atoms with E-state index in [0.717, 1.165) is 36.6 Å². The van der Waals surface area contributed by atoms with E-state index >= 15 is 0 Å². The van der Waals surface area contributed by atoms with Gasteiger partial charge in [-0.1, -0.05) is 30.3 Å². The molecule has 1 unspecified atom stereocenters. The van der Waals surface area contributed by atoms with Crippen LogP contribution < -0.4 is 14.8 Å². The monoisotopic (exact) mass is 354 g/mol. The van der Waals surface area contributed by atoms with Crippen LogP contribution in [0.3, 0.4) is 0 Å². The van der Waals surface area contributed by atoms with Crippen molar-refractivity contribution in [3.63, 3.8) is 0 Å². The number of hydrogen-bond donors (Lipinski definition) is 1. The minimum Gasteiger partial charge on any atom is -0.493 e. The van der Waals surface area contributed by atoms with Crippen LogP contribution in [0.25, 0.3) is 0 Å². The van der Waals surface area contributed by atoms with E-state index < -0.39 is 0 Å². The third-order valence-electron chi connectivity index (χ3n) is 4.84. The Kier molecular flexibility index (Phi) is 5.78. The molecule has 3 rings (SSSR count). The summed E-state index contributed by atoms with van der Waals surface area (Å²) in [6.45, 7) is 4.00. The third-order valence-corrected chi connectivity index (χ3v) is 4.84. The van der Waals surface area contributed by atoms with Crippen molar-refractivity contribution >= 4 is 5.91 Å². The molecular formula is C21H26N2O3. The van der Waals surface area contributed by atoms with Crippen LogP contribution in [0.4, 0.5) is 0 Å². The fourth-order valence-corrected chi connectivity index (χ4v) is 3.39. The third kappa shape index (κ3) is 4.17. The Bertz CT molecular complexity index is 761. The fourth-order valence-electron chi connectivity index (χ4n) is 3.39. The summed E-state index contributed by atoms with van der Waals surface area (Å²) in [5, 5.41) is 3.08. The molecule has 0 spiro atoms. The fraction of sp³-hybridized carbons (Fsp3) is 0.381. The molecule has 1 aliphatic rings. The Balaban J connectivity index is 1.61. The molecular weight excluding hydrogens is 328 g/mol. The van der Waals surface area contributed by atoms with E-state index in [1.165, 1.54) is 11.1 Å². The number of hydrogen-bond acceptors (Lipinski definition) is 4. The van der Waals surface area contributed by atoms with Crippen LogP contribution in [-0.2, 0) is 17.8 Å². The Morgan fingerprint density at radius 2 is 1.77 bits per heavy atom. The molecule has 138 valence electrons. The molecule has 0 aliphatic carbocycles. The summed E-state index contributed by atoms with van der Waals surface area (Å²) in [5.41, 5.74) is 3.57. The van der Waals surface area contributed by atoms with Gasteiger partial charge in [0.25, 0.3) is 0 Å². The lowest BCUT2D eigenvalue weighted by Crippen LogP contribution is -2.40. The molecule has 1 N–H and O–H groups in total. The zero-order chi connectivity index (χ0) is 18.5. The number of benzene rings is 2. The van der Waals surface area contributed by atoms with E-state index in [-0.39, 0.29) is 11.9 Å². The highest BCUT2D eigenvalue weighted by atomic mass is 16.5. The van der Waals surface area contributed by atoms with Gasteiger partial charge in [0, 0.05) is 13.1 Å². The van der Waals surface area contributed by atoms with Gasteiger partial charge in [0.2, 0.25) is 5.91 Å². The number of nitrogens with zero attached hydrogens (tertiary/aromatic N) is 1. The van der Waals surface area contributed by atoms with Gasteiger partial charge < -0.3 is 14.8 Å². The van der Waals surface area contributed by atoms with Crippen molar-refractivity contribution in [1.29, 1.82) is 0 Å². The second-order valence-electron chi connectivity index (χ2n) is 6.64. The minimum absolute atomic E-state index is 0.00475. The quantitative estimate of drug-likeness (QED) is 0.867. The number of carbonyl (C=O) groups excluding carboxylic acids is 1. The van der Waals surface area contributed by atoms with Crippen molar-refractivity contribution < 1.29 is 14.3 Å².